The SMILES string of the molecule is CCCN(CCC)S(=O)(=O)c1cncc(Br)c1. The molecule has 1 aromatic heterocycles. The third kappa shape index (κ3) is 3.76. The second-order valence-electron chi connectivity index (χ2n) is 3.74. The highest BCUT2D eigenvalue weighted by Gasteiger charge is 2.23. The van der Waals surface area contributed by atoms with E-state index in [1.54, 1.807) is 12.3 Å². The minimum absolute atomic E-state index is 0.244. The molecular weight excluding hydrogens is 304 g/mol. The number of aromatic nitrogens is 1. The lowest BCUT2D eigenvalue weighted by Gasteiger charge is -2.20. The van der Waals surface area contributed by atoms with E-state index >= 15 is 0 Å². The molecule has 0 saturated carbocycles. The number of halogens is 1. The number of nitrogens with zero attached hydrogens (tertiary/aromatic N) is 2. The summed E-state index contributed by atoms with van der Waals surface area (Å²) in [6.07, 6.45) is 4.57. The molecule has 1 heterocycles. The van der Waals surface area contributed by atoms with E-state index in [-0.39, 0.29) is 4.90 Å². The predicted octanol–water partition coefficient (Wildman–Crippen LogP) is 2.65. The second kappa shape index (κ2) is 6.47. The zero-order valence-corrected chi connectivity index (χ0v) is 12.5. The van der Waals surface area contributed by atoms with Crippen LogP contribution in [0, 0.1) is 0 Å². The maximum absolute atomic E-state index is 12.3. The van der Waals surface area contributed by atoms with Crippen molar-refractivity contribution in [2.45, 2.75) is 31.6 Å². The zero-order chi connectivity index (χ0) is 12.9. The lowest BCUT2D eigenvalue weighted by atomic mass is 10.4. The smallest absolute Gasteiger partial charge is 0.244 e. The molecule has 0 unspecified atom stereocenters. The Kier molecular flexibility index (Phi) is 5.55. The van der Waals surface area contributed by atoms with Gasteiger partial charge in [0.2, 0.25) is 10.0 Å². The van der Waals surface area contributed by atoms with Crippen molar-refractivity contribution < 1.29 is 8.42 Å². The van der Waals surface area contributed by atoms with Crippen LogP contribution in [-0.4, -0.2) is 30.8 Å². The molecule has 1 rings (SSSR count). The molecule has 0 radical (unpaired) electrons. The molecule has 0 amide bonds. The molecule has 96 valence electrons. The summed E-state index contributed by atoms with van der Waals surface area (Å²) >= 11 is 3.24. The van der Waals surface area contributed by atoms with E-state index in [9.17, 15) is 8.42 Å². The first-order valence-corrected chi connectivity index (χ1v) is 7.86. The van der Waals surface area contributed by atoms with Gasteiger partial charge in [-0.3, -0.25) is 4.98 Å². The van der Waals surface area contributed by atoms with Gasteiger partial charge in [0.15, 0.2) is 0 Å². The van der Waals surface area contributed by atoms with Crippen LogP contribution in [0.25, 0.3) is 0 Å². The molecule has 0 aromatic carbocycles. The van der Waals surface area contributed by atoms with Gasteiger partial charge in [0.05, 0.1) is 0 Å². The molecule has 0 atom stereocenters. The maximum atomic E-state index is 12.3. The Morgan fingerprint density at radius 2 is 1.82 bits per heavy atom. The van der Waals surface area contributed by atoms with Gasteiger partial charge in [-0.15, -0.1) is 0 Å². The van der Waals surface area contributed by atoms with Crippen molar-refractivity contribution >= 4 is 26.0 Å². The van der Waals surface area contributed by atoms with Gasteiger partial charge < -0.3 is 0 Å². The third-order valence-electron chi connectivity index (χ3n) is 2.26. The molecule has 0 aliphatic heterocycles. The van der Waals surface area contributed by atoms with Crippen molar-refractivity contribution in [3.05, 3.63) is 22.9 Å². The first-order valence-electron chi connectivity index (χ1n) is 5.63. The maximum Gasteiger partial charge on any atom is 0.244 e. The third-order valence-corrected chi connectivity index (χ3v) is 4.56. The van der Waals surface area contributed by atoms with Crippen molar-refractivity contribution in [3.63, 3.8) is 0 Å². The summed E-state index contributed by atoms with van der Waals surface area (Å²) in [6.45, 7) is 5.03. The molecule has 0 aliphatic carbocycles. The summed E-state index contributed by atoms with van der Waals surface area (Å²) in [5.41, 5.74) is 0. The second-order valence-corrected chi connectivity index (χ2v) is 6.60. The topological polar surface area (TPSA) is 50.3 Å². The monoisotopic (exact) mass is 320 g/mol. The van der Waals surface area contributed by atoms with Crippen molar-refractivity contribution in [1.29, 1.82) is 0 Å². The summed E-state index contributed by atoms with van der Waals surface area (Å²) < 4.78 is 26.8. The molecule has 0 aliphatic rings. The number of hydrogen-bond donors (Lipinski definition) is 0. The number of rotatable bonds is 6. The van der Waals surface area contributed by atoms with Crippen LogP contribution in [-0.2, 0) is 10.0 Å². The fourth-order valence-corrected chi connectivity index (χ4v) is 3.66. The molecule has 0 spiro atoms. The van der Waals surface area contributed by atoms with E-state index in [4.69, 9.17) is 0 Å². The average Bonchev–Trinajstić information content (AvgIpc) is 2.29. The van der Waals surface area contributed by atoms with Crippen molar-refractivity contribution in [2.75, 3.05) is 13.1 Å². The van der Waals surface area contributed by atoms with Crippen LogP contribution in [0.1, 0.15) is 26.7 Å². The fourth-order valence-electron chi connectivity index (χ4n) is 1.53. The van der Waals surface area contributed by atoms with Crippen molar-refractivity contribution in [3.8, 4) is 0 Å². The van der Waals surface area contributed by atoms with Crippen molar-refractivity contribution in [1.82, 2.24) is 9.29 Å². The largest absolute Gasteiger partial charge is 0.262 e. The Bertz CT molecular complexity index is 456. The number of sulfonamides is 1. The van der Waals surface area contributed by atoms with Crippen LogP contribution in [0.5, 0.6) is 0 Å². The van der Waals surface area contributed by atoms with Crippen LogP contribution in [0.15, 0.2) is 27.8 Å². The molecule has 6 heteroatoms. The van der Waals surface area contributed by atoms with Crippen LogP contribution in [0.2, 0.25) is 0 Å². The van der Waals surface area contributed by atoms with E-state index in [1.807, 2.05) is 13.8 Å². The van der Waals surface area contributed by atoms with Gasteiger partial charge in [-0.2, -0.15) is 4.31 Å². The van der Waals surface area contributed by atoms with Gasteiger partial charge in [0.1, 0.15) is 4.90 Å². The van der Waals surface area contributed by atoms with Crippen molar-refractivity contribution in [2.24, 2.45) is 0 Å². The van der Waals surface area contributed by atoms with Gasteiger partial charge in [0, 0.05) is 30.0 Å². The van der Waals surface area contributed by atoms with E-state index < -0.39 is 10.0 Å². The van der Waals surface area contributed by atoms with Gasteiger partial charge in [-0.05, 0) is 34.8 Å². The van der Waals surface area contributed by atoms with Crippen LogP contribution in [0.4, 0.5) is 0 Å². The Labute approximate surface area is 111 Å². The summed E-state index contributed by atoms with van der Waals surface area (Å²) in [6, 6.07) is 1.58. The quantitative estimate of drug-likeness (QED) is 0.809. The summed E-state index contributed by atoms with van der Waals surface area (Å²) in [5.74, 6) is 0. The number of hydrogen-bond acceptors (Lipinski definition) is 3. The van der Waals surface area contributed by atoms with Crippen LogP contribution in [0.3, 0.4) is 0 Å². The minimum atomic E-state index is -3.41. The highest BCUT2D eigenvalue weighted by Crippen LogP contribution is 2.19. The molecular formula is C11H17BrN2O2S. The molecule has 0 bridgehead atoms. The van der Waals surface area contributed by atoms with Crippen LogP contribution < -0.4 is 0 Å². The highest BCUT2D eigenvalue weighted by atomic mass is 79.9. The predicted molar refractivity (Wildman–Crippen MR) is 71.3 cm³/mol. The van der Waals surface area contributed by atoms with E-state index in [2.05, 4.69) is 20.9 Å². The highest BCUT2D eigenvalue weighted by molar-refractivity contribution is 9.10. The summed E-state index contributed by atoms with van der Waals surface area (Å²) in [5, 5.41) is 0. The first-order chi connectivity index (χ1) is 8.02. The minimum Gasteiger partial charge on any atom is -0.262 e. The fraction of sp³-hybridized carbons (Fsp3) is 0.545. The lowest BCUT2D eigenvalue weighted by Crippen LogP contribution is -2.32. The molecule has 0 fully saturated rings. The summed E-state index contributed by atoms with van der Waals surface area (Å²) in [4.78, 5) is 4.14. The normalized spacial score (nSPS) is 12.0. The molecule has 0 saturated heterocycles. The molecule has 17 heavy (non-hydrogen) atoms. The Morgan fingerprint density at radius 1 is 1.24 bits per heavy atom. The summed E-state index contributed by atoms with van der Waals surface area (Å²) in [7, 11) is -3.41. The van der Waals surface area contributed by atoms with Gasteiger partial charge in [-0.1, -0.05) is 13.8 Å². The van der Waals surface area contributed by atoms with E-state index in [1.165, 1.54) is 10.5 Å². The Morgan fingerprint density at radius 3 is 2.29 bits per heavy atom. The number of pyridine rings is 1. The van der Waals surface area contributed by atoms with E-state index in [0.717, 1.165) is 12.8 Å². The average molecular weight is 321 g/mol. The zero-order valence-electron chi connectivity index (χ0n) is 10.1. The molecule has 4 nitrogen and oxygen atoms in total. The van der Waals surface area contributed by atoms with Gasteiger partial charge in [-0.25, -0.2) is 8.42 Å². The molecule has 1 aromatic rings. The van der Waals surface area contributed by atoms with E-state index in [0.29, 0.717) is 17.6 Å². The molecule has 0 N–H and O–H groups in total. The van der Waals surface area contributed by atoms with Gasteiger partial charge >= 0.3 is 0 Å². The lowest BCUT2D eigenvalue weighted by molar-refractivity contribution is 0.409. The Balaban J connectivity index is 3.07. The van der Waals surface area contributed by atoms with Gasteiger partial charge in [0.25, 0.3) is 0 Å². The first kappa shape index (κ1) is 14.6. The standard InChI is InChI=1S/C11H17BrN2O2S/c1-3-5-14(6-4-2)17(15,16)11-7-10(12)8-13-9-11/h7-9H,3-6H2,1-2H3. The Hall–Kier alpha value is -0.460. The van der Waals surface area contributed by atoms with Crippen LogP contribution >= 0.6 is 15.9 Å².